The molecule has 0 radical (unpaired) electrons. The molecule has 0 aliphatic heterocycles. The lowest BCUT2D eigenvalue weighted by Gasteiger charge is -2.26. The Bertz CT molecular complexity index is 1030. The summed E-state index contributed by atoms with van der Waals surface area (Å²) in [4.78, 5) is 52.2. The van der Waals surface area contributed by atoms with Crippen LogP contribution < -0.4 is 19.9 Å². The van der Waals surface area contributed by atoms with Gasteiger partial charge in [0.2, 0.25) is 11.8 Å². The molecular weight excluding hydrogens is 454 g/mol. The number of methoxy groups -OCH3 is 1. The Balaban J connectivity index is 2.23. The van der Waals surface area contributed by atoms with Gasteiger partial charge in [0.15, 0.2) is 6.61 Å². The van der Waals surface area contributed by atoms with Crippen LogP contribution in [-0.4, -0.2) is 63.3 Å². The molecule has 0 saturated heterocycles. The lowest BCUT2D eigenvalue weighted by atomic mass is 10.2. The van der Waals surface area contributed by atoms with Crippen LogP contribution in [0.4, 0.5) is 16.2 Å². The van der Waals surface area contributed by atoms with Crippen molar-refractivity contribution < 1.29 is 33.4 Å². The second-order valence-corrected chi connectivity index (χ2v) is 8.49. The van der Waals surface area contributed by atoms with E-state index in [0.717, 1.165) is 0 Å². The van der Waals surface area contributed by atoms with E-state index in [1.807, 2.05) is 6.07 Å². The first-order valence-electron chi connectivity index (χ1n) is 10.9. The summed E-state index contributed by atoms with van der Waals surface area (Å²) >= 11 is 0. The Morgan fingerprint density at radius 3 is 2.20 bits per heavy atom. The van der Waals surface area contributed by atoms with Crippen molar-refractivity contribution in [1.82, 2.24) is 5.32 Å². The highest BCUT2D eigenvalue weighted by molar-refractivity contribution is 6.04. The Labute approximate surface area is 204 Å². The fourth-order valence-electron chi connectivity index (χ4n) is 2.86. The fourth-order valence-corrected chi connectivity index (χ4v) is 2.86. The number of esters is 1. The summed E-state index contributed by atoms with van der Waals surface area (Å²) < 4.78 is 15.1. The van der Waals surface area contributed by atoms with E-state index in [4.69, 9.17) is 9.47 Å². The van der Waals surface area contributed by atoms with Crippen LogP contribution in [0.5, 0.6) is 5.75 Å². The molecule has 10 heteroatoms. The van der Waals surface area contributed by atoms with Gasteiger partial charge in [-0.2, -0.15) is 0 Å². The number of nitrogens with zero attached hydrogens (tertiary/aromatic N) is 2. The van der Waals surface area contributed by atoms with Gasteiger partial charge in [-0.15, -0.1) is 0 Å². The maximum Gasteiger partial charge on any atom is 0.408 e. The highest BCUT2D eigenvalue weighted by Crippen LogP contribution is 2.22. The predicted octanol–water partition coefficient (Wildman–Crippen LogP) is 2.76. The number of likely N-dealkylation sites (N-methyl/N-ethyl adjacent to an activating group) is 1. The van der Waals surface area contributed by atoms with Crippen molar-refractivity contribution >= 4 is 35.3 Å². The molecule has 1 N–H and O–H groups in total. The first-order valence-corrected chi connectivity index (χ1v) is 10.9. The summed E-state index contributed by atoms with van der Waals surface area (Å²) in [6.07, 6.45) is -0.756. The summed E-state index contributed by atoms with van der Waals surface area (Å²) in [5, 5.41) is 2.42. The number of alkyl carbamates (subject to hydrolysis) is 1. The Hall–Kier alpha value is -4.08. The molecule has 2 aromatic carbocycles. The van der Waals surface area contributed by atoms with E-state index >= 15 is 0 Å². The van der Waals surface area contributed by atoms with Crippen LogP contribution >= 0.6 is 0 Å². The van der Waals surface area contributed by atoms with E-state index in [9.17, 15) is 19.2 Å². The van der Waals surface area contributed by atoms with E-state index in [1.165, 1.54) is 23.0 Å². The molecule has 2 rings (SSSR count). The van der Waals surface area contributed by atoms with Gasteiger partial charge in [-0.3, -0.25) is 9.59 Å². The van der Waals surface area contributed by atoms with Crippen LogP contribution in [0.2, 0.25) is 0 Å². The van der Waals surface area contributed by atoms with Crippen LogP contribution in [0.3, 0.4) is 0 Å². The molecule has 0 atom stereocenters. The molecule has 0 saturated carbocycles. The van der Waals surface area contributed by atoms with Crippen LogP contribution in [0, 0.1) is 0 Å². The molecule has 0 aliphatic carbocycles. The SMILES string of the molecule is COC(=O)COc1cccc(N(CC(=O)N(C)c2ccccc2)C(=O)CNC(=O)OC(C)(C)C)c1. The minimum atomic E-state index is -0.756. The average Bonchev–Trinajstić information content (AvgIpc) is 2.83. The normalized spacial score (nSPS) is 10.7. The lowest BCUT2D eigenvalue weighted by Crippen LogP contribution is -2.46. The predicted molar refractivity (Wildman–Crippen MR) is 130 cm³/mol. The number of hydrogen-bond acceptors (Lipinski definition) is 7. The van der Waals surface area contributed by atoms with Gasteiger partial charge in [0.05, 0.1) is 7.11 Å². The monoisotopic (exact) mass is 485 g/mol. The Morgan fingerprint density at radius 1 is 0.914 bits per heavy atom. The number of rotatable bonds is 9. The number of anilines is 2. The highest BCUT2D eigenvalue weighted by atomic mass is 16.6. The smallest absolute Gasteiger partial charge is 0.408 e. The zero-order chi connectivity index (χ0) is 26.0. The molecule has 0 heterocycles. The van der Waals surface area contributed by atoms with Gasteiger partial charge in [-0.1, -0.05) is 24.3 Å². The number of nitrogens with one attached hydrogen (secondary N) is 1. The number of amides is 3. The minimum absolute atomic E-state index is 0.301. The zero-order valence-electron chi connectivity index (χ0n) is 20.6. The molecule has 3 amide bonds. The molecule has 35 heavy (non-hydrogen) atoms. The zero-order valence-corrected chi connectivity index (χ0v) is 20.6. The summed E-state index contributed by atoms with van der Waals surface area (Å²) in [5.41, 5.74) is 0.275. The summed E-state index contributed by atoms with van der Waals surface area (Å²) in [5.74, 6) is -1.17. The van der Waals surface area contributed by atoms with Gasteiger partial charge in [0, 0.05) is 24.5 Å². The number of carbonyl (C=O) groups is 4. The second kappa shape index (κ2) is 12.4. The molecule has 2 aromatic rings. The van der Waals surface area contributed by atoms with Gasteiger partial charge in [-0.05, 0) is 45.0 Å². The van der Waals surface area contributed by atoms with Crippen molar-refractivity contribution in [2.75, 3.05) is 43.7 Å². The number of ether oxygens (including phenoxy) is 3. The molecule has 0 aliphatic rings. The molecule has 10 nitrogen and oxygen atoms in total. The van der Waals surface area contributed by atoms with Gasteiger partial charge < -0.3 is 29.3 Å². The largest absolute Gasteiger partial charge is 0.482 e. The van der Waals surface area contributed by atoms with Crippen molar-refractivity contribution in [3.8, 4) is 5.75 Å². The summed E-state index contributed by atoms with van der Waals surface area (Å²) in [6.45, 7) is 4.10. The third-order valence-electron chi connectivity index (χ3n) is 4.61. The number of benzene rings is 2. The molecule has 0 bridgehead atoms. The van der Waals surface area contributed by atoms with Crippen LogP contribution in [-0.2, 0) is 23.9 Å². The first kappa shape index (κ1) is 27.2. The van der Waals surface area contributed by atoms with E-state index in [-0.39, 0.29) is 19.1 Å². The van der Waals surface area contributed by atoms with Crippen molar-refractivity contribution in [1.29, 1.82) is 0 Å². The molecule has 0 aromatic heterocycles. The van der Waals surface area contributed by atoms with E-state index < -0.39 is 30.1 Å². The van der Waals surface area contributed by atoms with Crippen molar-refractivity contribution in [3.63, 3.8) is 0 Å². The van der Waals surface area contributed by atoms with Crippen LogP contribution in [0.25, 0.3) is 0 Å². The maximum absolute atomic E-state index is 13.1. The molecular formula is C25H31N3O7. The highest BCUT2D eigenvalue weighted by Gasteiger charge is 2.24. The summed E-state index contributed by atoms with van der Waals surface area (Å²) in [7, 11) is 2.85. The number of carbonyl (C=O) groups excluding carboxylic acids is 4. The van der Waals surface area contributed by atoms with E-state index in [2.05, 4.69) is 10.1 Å². The Kier molecular flexibility index (Phi) is 9.63. The number of hydrogen-bond donors (Lipinski definition) is 1. The minimum Gasteiger partial charge on any atom is -0.482 e. The van der Waals surface area contributed by atoms with Crippen LogP contribution in [0.1, 0.15) is 20.8 Å². The third kappa shape index (κ3) is 9.00. The van der Waals surface area contributed by atoms with Gasteiger partial charge in [-0.25, -0.2) is 9.59 Å². The molecule has 0 unspecified atom stereocenters. The number of para-hydroxylation sites is 1. The topological polar surface area (TPSA) is 114 Å². The standard InChI is InChI=1S/C25H31N3O7/c1-25(2,3)35-24(32)26-15-21(29)28(16-22(30)27(4)18-10-7-6-8-11-18)19-12-9-13-20(14-19)34-17-23(31)33-5/h6-14H,15-17H2,1-5H3,(H,26,32). The molecule has 188 valence electrons. The van der Waals surface area contributed by atoms with Crippen molar-refractivity contribution in [2.45, 2.75) is 26.4 Å². The van der Waals surface area contributed by atoms with Gasteiger partial charge in [0.25, 0.3) is 0 Å². The quantitative estimate of drug-likeness (QED) is 0.543. The lowest BCUT2D eigenvalue weighted by molar-refractivity contribution is -0.142. The third-order valence-corrected chi connectivity index (χ3v) is 4.61. The second-order valence-electron chi connectivity index (χ2n) is 8.49. The Morgan fingerprint density at radius 2 is 1.57 bits per heavy atom. The maximum atomic E-state index is 13.1. The van der Waals surface area contributed by atoms with Crippen LogP contribution in [0.15, 0.2) is 54.6 Å². The van der Waals surface area contributed by atoms with E-state index in [0.29, 0.717) is 17.1 Å². The molecule has 0 fully saturated rings. The summed E-state index contributed by atoms with van der Waals surface area (Å²) in [6, 6.07) is 15.3. The van der Waals surface area contributed by atoms with E-state index in [1.54, 1.807) is 70.3 Å². The van der Waals surface area contributed by atoms with Crippen molar-refractivity contribution in [2.24, 2.45) is 0 Å². The van der Waals surface area contributed by atoms with Crippen molar-refractivity contribution in [3.05, 3.63) is 54.6 Å². The van der Waals surface area contributed by atoms with Gasteiger partial charge in [0.1, 0.15) is 24.4 Å². The van der Waals surface area contributed by atoms with Gasteiger partial charge >= 0.3 is 12.1 Å². The first-order chi connectivity index (χ1) is 16.5. The fraction of sp³-hybridized carbons (Fsp3) is 0.360. The molecule has 0 spiro atoms. The average molecular weight is 486 g/mol.